The molecule has 0 aromatic heterocycles. The molecule has 11 nitrogen and oxygen atoms in total. The van der Waals surface area contributed by atoms with Crippen LogP contribution < -0.4 is 0 Å². The first kappa shape index (κ1) is 32.8. The molecule has 0 saturated carbocycles. The number of unbranched alkanes of at least 4 members (excludes halogenated alkanes) is 5. The van der Waals surface area contributed by atoms with E-state index in [0.29, 0.717) is 0 Å². The number of aliphatic hydroxyl groups excluding tert-OH is 1. The highest BCUT2D eigenvalue weighted by Gasteiger charge is 2.68. The zero-order valence-corrected chi connectivity index (χ0v) is 23.4. The Morgan fingerprint density at radius 1 is 0.595 bits per heavy atom. The minimum absolute atomic E-state index is 0.273. The SMILES string of the molecule is CCCCCCCCOC1OC(COC2OC(CO)C(C)(O)C(C)(O)C2(C)O)C(C)(O)C(C)(O)C1(C)O. The predicted octanol–water partition coefficient (Wildman–Crippen LogP) is 0.328. The van der Waals surface area contributed by atoms with E-state index >= 15 is 0 Å². The Hall–Kier alpha value is -0.440. The van der Waals surface area contributed by atoms with Crippen molar-refractivity contribution in [1.29, 1.82) is 0 Å². The highest BCUT2D eigenvalue weighted by molar-refractivity contribution is 5.15. The first-order chi connectivity index (χ1) is 16.8. The van der Waals surface area contributed by atoms with Gasteiger partial charge >= 0.3 is 0 Å². The normalized spacial score (nSPS) is 48.8. The molecular weight excluding hydrogens is 488 g/mol. The van der Waals surface area contributed by atoms with Gasteiger partial charge in [-0.15, -0.1) is 0 Å². The van der Waals surface area contributed by atoms with Crippen molar-refractivity contribution in [3.05, 3.63) is 0 Å². The van der Waals surface area contributed by atoms with Crippen molar-refractivity contribution in [2.45, 2.75) is 145 Å². The van der Waals surface area contributed by atoms with Crippen molar-refractivity contribution in [2.75, 3.05) is 19.8 Å². The first-order valence-corrected chi connectivity index (χ1v) is 13.3. The molecule has 0 aliphatic carbocycles. The lowest BCUT2D eigenvalue weighted by Gasteiger charge is -2.59. The molecule has 7 N–H and O–H groups in total. The molecule has 10 unspecified atom stereocenters. The quantitative estimate of drug-likeness (QED) is 0.170. The van der Waals surface area contributed by atoms with Crippen LogP contribution in [0.5, 0.6) is 0 Å². The summed E-state index contributed by atoms with van der Waals surface area (Å²) in [6, 6.07) is 0. The van der Waals surface area contributed by atoms with Crippen LogP contribution in [0.4, 0.5) is 0 Å². The molecule has 0 amide bonds. The third-order valence-corrected chi connectivity index (χ3v) is 9.02. The van der Waals surface area contributed by atoms with Crippen molar-refractivity contribution in [3.63, 3.8) is 0 Å². The van der Waals surface area contributed by atoms with Crippen molar-refractivity contribution >= 4 is 0 Å². The van der Waals surface area contributed by atoms with E-state index in [1.807, 2.05) is 0 Å². The Kier molecular flexibility index (Phi) is 10.3. The lowest BCUT2D eigenvalue weighted by molar-refractivity contribution is -0.413. The van der Waals surface area contributed by atoms with Gasteiger partial charge < -0.3 is 54.7 Å². The monoisotopic (exact) mass is 538 g/mol. The molecular formula is C26H50O11. The maximum atomic E-state index is 11.2. The molecule has 220 valence electrons. The van der Waals surface area contributed by atoms with Gasteiger partial charge in [0.15, 0.2) is 12.6 Å². The van der Waals surface area contributed by atoms with E-state index in [1.165, 1.54) is 48.0 Å². The lowest BCUT2D eigenvalue weighted by atomic mass is 9.68. The van der Waals surface area contributed by atoms with Gasteiger partial charge in [-0.3, -0.25) is 0 Å². The van der Waals surface area contributed by atoms with Crippen LogP contribution in [-0.4, -0.2) is 114 Å². The van der Waals surface area contributed by atoms with E-state index in [2.05, 4.69) is 6.92 Å². The summed E-state index contributed by atoms with van der Waals surface area (Å²) in [5, 5.41) is 76.1. The van der Waals surface area contributed by atoms with Gasteiger partial charge in [-0.1, -0.05) is 39.0 Å². The molecule has 0 bridgehead atoms. The molecule has 2 heterocycles. The van der Waals surface area contributed by atoms with E-state index in [0.717, 1.165) is 32.1 Å². The molecule has 2 aliphatic rings. The van der Waals surface area contributed by atoms with E-state index in [9.17, 15) is 35.7 Å². The second-order valence-corrected chi connectivity index (χ2v) is 11.8. The fourth-order valence-corrected chi connectivity index (χ4v) is 5.01. The van der Waals surface area contributed by atoms with Gasteiger partial charge in [0, 0.05) is 6.61 Å². The summed E-state index contributed by atoms with van der Waals surface area (Å²) >= 11 is 0. The van der Waals surface area contributed by atoms with Gasteiger partial charge in [-0.05, 0) is 48.0 Å². The van der Waals surface area contributed by atoms with Crippen LogP contribution in [0.25, 0.3) is 0 Å². The molecule has 10 atom stereocenters. The van der Waals surface area contributed by atoms with Crippen molar-refractivity contribution in [3.8, 4) is 0 Å². The largest absolute Gasteiger partial charge is 0.394 e. The highest BCUT2D eigenvalue weighted by atomic mass is 16.7. The second-order valence-electron chi connectivity index (χ2n) is 11.8. The van der Waals surface area contributed by atoms with E-state index in [1.54, 1.807) is 0 Å². The molecule has 2 rings (SSSR count). The van der Waals surface area contributed by atoms with Crippen LogP contribution in [0.15, 0.2) is 0 Å². The number of ether oxygens (including phenoxy) is 4. The van der Waals surface area contributed by atoms with Crippen LogP contribution >= 0.6 is 0 Å². The molecule has 0 spiro atoms. The average molecular weight is 539 g/mol. The minimum atomic E-state index is -2.16. The molecule has 2 fully saturated rings. The maximum absolute atomic E-state index is 11.2. The summed E-state index contributed by atoms with van der Waals surface area (Å²) < 4.78 is 23.0. The molecule has 37 heavy (non-hydrogen) atoms. The third kappa shape index (κ3) is 5.74. The van der Waals surface area contributed by atoms with Crippen molar-refractivity contribution in [1.82, 2.24) is 0 Å². The number of aliphatic hydroxyl groups is 7. The van der Waals surface area contributed by atoms with Crippen LogP contribution in [0, 0.1) is 0 Å². The van der Waals surface area contributed by atoms with Gasteiger partial charge in [0.25, 0.3) is 0 Å². The van der Waals surface area contributed by atoms with Crippen molar-refractivity contribution < 1.29 is 54.7 Å². The summed E-state index contributed by atoms with van der Waals surface area (Å²) in [6.07, 6.45) is 0.802. The Bertz CT molecular complexity index is 732. The Balaban J connectivity index is 2.15. The smallest absolute Gasteiger partial charge is 0.189 e. The summed E-state index contributed by atoms with van der Waals surface area (Å²) in [4.78, 5) is 0. The van der Waals surface area contributed by atoms with Crippen LogP contribution in [0.3, 0.4) is 0 Å². The lowest BCUT2D eigenvalue weighted by Crippen LogP contribution is -2.79. The van der Waals surface area contributed by atoms with Crippen LogP contribution in [0.2, 0.25) is 0 Å². The minimum Gasteiger partial charge on any atom is -0.394 e. The Labute approximate surface area is 220 Å². The molecule has 2 aliphatic heterocycles. The molecule has 0 radical (unpaired) electrons. The fourth-order valence-electron chi connectivity index (χ4n) is 5.01. The zero-order valence-electron chi connectivity index (χ0n) is 23.4. The van der Waals surface area contributed by atoms with Gasteiger partial charge in [0.1, 0.15) is 45.8 Å². The summed E-state index contributed by atoms with van der Waals surface area (Å²) in [7, 11) is 0. The van der Waals surface area contributed by atoms with Crippen LogP contribution in [0.1, 0.15) is 87.0 Å². The average Bonchev–Trinajstić information content (AvgIpc) is 2.78. The predicted molar refractivity (Wildman–Crippen MR) is 133 cm³/mol. The van der Waals surface area contributed by atoms with Crippen molar-refractivity contribution in [2.24, 2.45) is 0 Å². The highest BCUT2D eigenvalue weighted by Crippen LogP contribution is 2.47. The van der Waals surface area contributed by atoms with E-state index in [-0.39, 0.29) is 6.61 Å². The number of rotatable bonds is 12. The maximum Gasteiger partial charge on any atom is 0.189 e. The number of hydrogen-bond donors (Lipinski definition) is 7. The van der Waals surface area contributed by atoms with Gasteiger partial charge in [0.2, 0.25) is 0 Å². The summed E-state index contributed by atoms with van der Waals surface area (Å²) in [6.45, 7) is 8.85. The second kappa shape index (κ2) is 11.6. The molecule has 0 aromatic rings. The Morgan fingerprint density at radius 2 is 1.03 bits per heavy atom. The van der Waals surface area contributed by atoms with Gasteiger partial charge in [0.05, 0.1) is 13.2 Å². The fraction of sp³-hybridized carbons (Fsp3) is 1.00. The standard InChI is InChI=1S/C26H50O11/c1-8-9-10-11-12-13-14-34-19-23(4,30)26(7,33)22(3,29)18(37-19)16-35-20-24(5,31)25(6,32)21(2,28)17(15-27)36-20/h17-20,27-33H,8-16H2,1-7H3. The first-order valence-electron chi connectivity index (χ1n) is 13.3. The van der Waals surface area contributed by atoms with E-state index in [4.69, 9.17) is 18.9 Å². The molecule has 0 aromatic carbocycles. The van der Waals surface area contributed by atoms with Crippen LogP contribution in [-0.2, 0) is 18.9 Å². The van der Waals surface area contributed by atoms with Gasteiger partial charge in [-0.25, -0.2) is 0 Å². The topological polar surface area (TPSA) is 179 Å². The van der Waals surface area contributed by atoms with Gasteiger partial charge in [-0.2, -0.15) is 0 Å². The van der Waals surface area contributed by atoms with E-state index < -0.39 is 71.6 Å². The molecule has 11 heteroatoms. The number of hydrogen-bond acceptors (Lipinski definition) is 11. The summed E-state index contributed by atoms with van der Waals surface area (Å²) in [5.41, 5.74) is -12.4. The zero-order chi connectivity index (χ0) is 28.5. The Morgan fingerprint density at radius 3 is 1.54 bits per heavy atom. The molecule has 2 saturated heterocycles. The summed E-state index contributed by atoms with van der Waals surface area (Å²) in [5.74, 6) is 0. The third-order valence-electron chi connectivity index (χ3n) is 9.02.